The summed E-state index contributed by atoms with van der Waals surface area (Å²) in [6.07, 6.45) is 0. The molecular formula is C23H15ClF2N2O2. The summed E-state index contributed by atoms with van der Waals surface area (Å²) in [7, 11) is 0. The molecule has 1 aliphatic heterocycles. The highest BCUT2D eigenvalue weighted by atomic mass is 35.5. The van der Waals surface area contributed by atoms with E-state index in [-0.39, 0.29) is 17.0 Å². The smallest absolute Gasteiger partial charge is 0.282 e. The SMILES string of the molecule is Cc1ccccc1NC1=C(c2ccc(Cl)cc2)C(=O)N(c2ccc(F)cc2F)C1=O. The van der Waals surface area contributed by atoms with Crippen molar-refractivity contribution in [2.75, 3.05) is 10.2 Å². The van der Waals surface area contributed by atoms with Crippen LogP contribution in [0, 0.1) is 18.6 Å². The number of para-hydroxylation sites is 1. The van der Waals surface area contributed by atoms with E-state index < -0.39 is 23.4 Å². The lowest BCUT2D eigenvalue weighted by molar-refractivity contribution is -0.120. The second-order valence-electron chi connectivity index (χ2n) is 6.74. The molecule has 0 atom stereocenters. The van der Waals surface area contributed by atoms with Crippen LogP contribution in [0.1, 0.15) is 11.1 Å². The van der Waals surface area contributed by atoms with E-state index in [1.54, 1.807) is 36.4 Å². The maximum absolute atomic E-state index is 14.4. The molecule has 1 N–H and O–H groups in total. The number of hydrogen-bond acceptors (Lipinski definition) is 3. The Hall–Kier alpha value is -3.51. The van der Waals surface area contributed by atoms with Gasteiger partial charge in [-0.15, -0.1) is 0 Å². The fourth-order valence-electron chi connectivity index (χ4n) is 3.26. The van der Waals surface area contributed by atoms with Crippen molar-refractivity contribution in [2.45, 2.75) is 6.92 Å². The fraction of sp³-hybridized carbons (Fsp3) is 0.0435. The van der Waals surface area contributed by atoms with Crippen molar-refractivity contribution in [3.63, 3.8) is 0 Å². The molecule has 3 aromatic rings. The van der Waals surface area contributed by atoms with Crippen LogP contribution in [0.3, 0.4) is 0 Å². The van der Waals surface area contributed by atoms with Gasteiger partial charge in [0.2, 0.25) is 0 Å². The number of imide groups is 1. The van der Waals surface area contributed by atoms with Crippen LogP contribution in [0.4, 0.5) is 20.2 Å². The van der Waals surface area contributed by atoms with Gasteiger partial charge in [0, 0.05) is 16.8 Å². The molecule has 4 rings (SSSR count). The number of carbonyl (C=O) groups is 2. The number of hydrogen-bond donors (Lipinski definition) is 1. The maximum atomic E-state index is 14.4. The van der Waals surface area contributed by atoms with Crippen LogP contribution in [-0.4, -0.2) is 11.8 Å². The highest BCUT2D eigenvalue weighted by molar-refractivity contribution is 6.46. The molecule has 4 nitrogen and oxygen atoms in total. The Kier molecular flexibility index (Phi) is 5.10. The van der Waals surface area contributed by atoms with Crippen LogP contribution in [0.15, 0.2) is 72.4 Å². The summed E-state index contributed by atoms with van der Waals surface area (Å²) in [4.78, 5) is 27.2. The molecule has 0 bridgehead atoms. The van der Waals surface area contributed by atoms with Gasteiger partial charge in [0.1, 0.15) is 17.3 Å². The number of halogens is 3. The van der Waals surface area contributed by atoms with Crippen LogP contribution in [0.25, 0.3) is 5.57 Å². The Morgan fingerprint density at radius 2 is 1.60 bits per heavy atom. The van der Waals surface area contributed by atoms with Crippen molar-refractivity contribution in [2.24, 2.45) is 0 Å². The van der Waals surface area contributed by atoms with Crippen molar-refractivity contribution in [1.29, 1.82) is 0 Å². The predicted molar refractivity (Wildman–Crippen MR) is 112 cm³/mol. The predicted octanol–water partition coefficient (Wildman–Crippen LogP) is 5.32. The molecule has 150 valence electrons. The second kappa shape index (κ2) is 7.72. The average Bonchev–Trinajstić information content (AvgIpc) is 2.95. The van der Waals surface area contributed by atoms with E-state index in [2.05, 4.69) is 5.32 Å². The minimum Gasteiger partial charge on any atom is -0.350 e. The van der Waals surface area contributed by atoms with Gasteiger partial charge >= 0.3 is 0 Å². The number of nitrogens with zero attached hydrogens (tertiary/aromatic N) is 1. The lowest BCUT2D eigenvalue weighted by atomic mass is 10.0. The topological polar surface area (TPSA) is 49.4 Å². The third-order valence-corrected chi connectivity index (χ3v) is 5.02. The largest absolute Gasteiger partial charge is 0.350 e. The standard InChI is InChI=1S/C23H15ClF2N2O2/c1-13-4-2-3-5-18(13)27-21-20(14-6-8-15(24)9-7-14)22(29)28(23(21)30)19-11-10-16(25)12-17(19)26/h2-12,27H,1H3. The van der Waals surface area contributed by atoms with Gasteiger partial charge in [0.15, 0.2) is 0 Å². The Morgan fingerprint density at radius 3 is 2.27 bits per heavy atom. The average molecular weight is 425 g/mol. The van der Waals surface area contributed by atoms with Crippen molar-refractivity contribution < 1.29 is 18.4 Å². The van der Waals surface area contributed by atoms with Gasteiger partial charge < -0.3 is 5.32 Å². The van der Waals surface area contributed by atoms with Crippen molar-refractivity contribution >= 4 is 40.4 Å². The Balaban J connectivity index is 1.86. The molecule has 0 unspecified atom stereocenters. The zero-order chi connectivity index (χ0) is 21.4. The minimum absolute atomic E-state index is 0.000322. The molecule has 0 radical (unpaired) electrons. The first-order chi connectivity index (χ1) is 14.4. The molecule has 30 heavy (non-hydrogen) atoms. The van der Waals surface area contributed by atoms with Crippen LogP contribution in [-0.2, 0) is 9.59 Å². The lowest BCUT2D eigenvalue weighted by Crippen LogP contribution is -2.33. The van der Waals surface area contributed by atoms with Gasteiger partial charge in [0.25, 0.3) is 11.8 Å². The summed E-state index contributed by atoms with van der Waals surface area (Å²) < 4.78 is 27.8. The molecule has 7 heteroatoms. The van der Waals surface area contributed by atoms with Crippen LogP contribution >= 0.6 is 11.6 Å². The summed E-state index contributed by atoms with van der Waals surface area (Å²) in [5.74, 6) is -3.27. The zero-order valence-electron chi connectivity index (χ0n) is 15.7. The fourth-order valence-corrected chi connectivity index (χ4v) is 3.39. The molecule has 2 amide bonds. The van der Waals surface area contributed by atoms with E-state index >= 15 is 0 Å². The number of carbonyl (C=O) groups excluding carboxylic acids is 2. The zero-order valence-corrected chi connectivity index (χ0v) is 16.5. The van der Waals surface area contributed by atoms with E-state index in [1.807, 2.05) is 19.1 Å². The number of nitrogens with one attached hydrogen (secondary N) is 1. The molecule has 0 saturated carbocycles. The lowest BCUT2D eigenvalue weighted by Gasteiger charge is -2.16. The number of benzene rings is 3. The van der Waals surface area contributed by atoms with E-state index in [0.29, 0.717) is 27.2 Å². The van der Waals surface area contributed by atoms with E-state index in [4.69, 9.17) is 11.6 Å². The van der Waals surface area contributed by atoms with E-state index in [0.717, 1.165) is 17.7 Å². The first-order valence-corrected chi connectivity index (χ1v) is 9.41. The van der Waals surface area contributed by atoms with Crippen molar-refractivity contribution in [3.05, 3.63) is 100 Å². The molecule has 0 fully saturated rings. The minimum atomic E-state index is -1.01. The van der Waals surface area contributed by atoms with Crippen LogP contribution < -0.4 is 10.2 Å². The summed E-state index contributed by atoms with van der Waals surface area (Å²) in [6, 6.07) is 16.3. The number of aryl methyl sites for hydroxylation is 1. The second-order valence-corrected chi connectivity index (χ2v) is 7.17. The number of amides is 2. The molecule has 1 aliphatic rings. The first-order valence-electron chi connectivity index (χ1n) is 9.03. The Morgan fingerprint density at radius 1 is 0.900 bits per heavy atom. The van der Waals surface area contributed by atoms with Crippen molar-refractivity contribution in [1.82, 2.24) is 0 Å². The monoisotopic (exact) mass is 424 g/mol. The number of rotatable bonds is 4. The molecule has 1 heterocycles. The van der Waals surface area contributed by atoms with Gasteiger partial charge in [-0.05, 0) is 48.4 Å². The van der Waals surface area contributed by atoms with Gasteiger partial charge in [0.05, 0.1) is 11.3 Å². The third kappa shape index (κ3) is 3.46. The highest BCUT2D eigenvalue weighted by Crippen LogP contribution is 2.35. The quantitative estimate of drug-likeness (QED) is 0.576. The molecule has 0 aromatic heterocycles. The molecular weight excluding hydrogens is 410 g/mol. The Labute approximate surface area is 176 Å². The van der Waals surface area contributed by atoms with Gasteiger partial charge in [-0.3, -0.25) is 9.59 Å². The van der Waals surface area contributed by atoms with Gasteiger partial charge in [-0.1, -0.05) is 41.9 Å². The summed E-state index contributed by atoms with van der Waals surface area (Å²) in [5, 5.41) is 3.49. The molecule has 3 aromatic carbocycles. The molecule has 0 aliphatic carbocycles. The maximum Gasteiger partial charge on any atom is 0.282 e. The summed E-state index contributed by atoms with van der Waals surface area (Å²) >= 11 is 5.95. The van der Waals surface area contributed by atoms with Crippen LogP contribution in [0.5, 0.6) is 0 Å². The highest BCUT2D eigenvalue weighted by Gasteiger charge is 2.41. The van der Waals surface area contributed by atoms with Crippen molar-refractivity contribution in [3.8, 4) is 0 Å². The summed E-state index contributed by atoms with van der Waals surface area (Å²) in [5.41, 5.74) is 1.68. The van der Waals surface area contributed by atoms with E-state index in [1.165, 1.54) is 0 Å². The molecule has 0 saturated heterocycles. The molecule has 0 spiro atoms. The van der Waals surface area contributed by atoms with Gasteiger partial charge in [-0.25, -0.2) is 13.7 Å². The number of anilines is 2. The summed E-state index contributed by atoms with van der Waals surface area (Å²) in [6.45, 7) is 1.85. The normalized spacial score (nSPS) is 13.9. The van der Waals surface area contributed by atoms with E-state index in [9.17, 15) is 18.4 Å². The first kappa shape index (κ1) is 19.8. The Bertz CT molecular complexity index is 1210. The van der Waals surface area contributed by atoms with Crippen LogP contribution in [0.2, 0.25) is 5.02 Å². The third-order valence-electron chi connectivity index (χ3n) is 4.77. The van der Waals surface area contributed by atoms with Gasteiger partial charge in [-0.2, -0.15) is 0 Å².